The van der Waals surface area contributed by atoms with Crippen LogP contribution in [0.1, 0.15) is 41.2 Å². The van der Waals surface area contributed by atoms with Crippen molar-refractivity contribution in [2.75, 3.05) is 6.79 Å². The van der Waals surface area contributed by atoms with Gasteiger partial charge in [0, 0.05) is 27.6 Å². The molecule has 0 fully saturated rings. The number of pyridine rings is 2. The van der Waals surface area contributed by atoms with Gasteiger partial charge in [-0.25, -0.2) is 9.78 Å². The maximum absolute atomic E-state index is 13.7. The standard InChI is InChI=1S/C30H23ClN2O6/c1-2-30(36)21-11-24-27-19(13-33(24)28(34)20(21)14-37-29(30)35)17(8-5-7-16-6-3-4-9-22(16)31)18-10-25-26(39-15-38-25)12-23(18)32-27/h3-7,9-12,36H,2,8,13-15H2,1H3/b7-5+/t30-/m0/s1. The molecule has 1 atom stereocenters. The van der Waals surface area contributed by atoms with Gasteiger partial charge in [0.2, 0.25) is 6.79 Å². The van der Waals surface area contributed by atoms with Crippen molar-refractivity contribution < 1.29 is 24.1 Å². The Kier molecular flexibility index (Phi) is 5.33. The van der Waals surface area contributed by atoms with Crippen LogP contribution >= 0.6 is 11.6 Å². The molecule has 0 aliphatic carbocycles. The number of esters is 1. The van der Waals surface area contributed by atoms with E-state index >= 15 is 0 Å². The quantitative estimate of drug-likeness (QED) is 0.328. The average molecular weight is 543 g/mol. The topological polar surface area (TPSA) is 99.9 Å². The number of halogens is 1. The van der Waals surface area contributed by atoms with Crippen molar-refractivity contribution in [2.45, 2.75) is 38.5 Å². The Labute approximate surface area is 228 Å². The van der Waals surface area contributed by atoms with Gasteiger partial charge in [-0.1, -0.05) is 48.9 Å². The van der Waals surface area contributed by atoms with Crippen LogP contribution in [0.25, 0.3) is 28.4 Å². The molecule has 0 radical (unpaired) electrons. The second kappa shape index (κ2) is 8.69. The summed E-state index contributed by atoms with van der Waals surface area (Å²) in [6.07, 6.45) is 4.65. The van der Waals surface area contributed by atoms with Crippen LogP contribution in [-0.2, 0) is 34.7 Å². The summed E-state index contributed by atoms with van der Waals surface area (Å²) in [5.41, 5.74) is 3.10. The Bertz CT molecular complexity index is 1810. The molecule has 3 aliphatic rings. The smallest absolute Gasteiger partial charge is 0.343 e. The van der Waals surface area contributed by atoms with E-state index in [4.69, 9.17) is 30.8 Å². The van der Waals surface area contributed by atoms with Crippen molar-refractivity contribution in [3.8, 4) is 22.9 Å². The molecule has 3 aliphatic heterocycles. The summed E-state index contributed by atoms with van der Waals surface area (Å²) in [5, 5.41) is 12.7. The third-order valence-corrected chi connectivity index (χ3v) is 8.17. The highest BCUT2D eigenvalue weighted by atomic mass is 35.5. The minimum absolute atomic E-state index is 0.0846. The highest BCUT2D eigenvalue weighted by Gasteiger charge is 2.45. The molecule has 0 saturated carbocycles. The minimum atomic E-state index is -1.88. The maximum Gasteiger partial charge on any atom is 0.343 e. The van der Waals surface area contributed by atoms with E-state index < -0.39 is 11.6 Å². The lowest BCUT2D eigenvalue weighted by Crippen LogP contribution is -2.44. The highest BCUT2D eigenvalue weighted by molar-refractivity contribution is 6.32. The van der Waals surface area contributed by atoms with Gasteiger partial charge in [0.15, 0.2) is 17.1 Å². The van der Waals surface area contributed by atoms with Gasteiger partial charge in [0.1, 0.15) is 6.61 Å². The maximum atomic E-state index is 13.7. The number of allylic oxidation sites excluding steroid dienone is 1. The molecule has 196 valence electrons. The van der Waals surface area contributed by atoms with Gasteiger partial charge in [-0.15, -0.1) is 0 Å². The normalized spacial score (nSPS) is 18.8. The molecule has 5 heterocycles. The van der Waals surface area contributed by atoms with Gasteiger partial charge in [0.05, 0.1) is 29.0 Å². The number of ether oxygens (including phenoxy) is 3. The summed E-state index contributed by atoms with van der Waals surface area (Å²) in [7, 11) is 0. The first kappa shape index (κ1) is 23.9. The van der Waals surface area contributed by atoms with Crippen LogP contribution in [0.15, 0.2) is 53.3 Å². The molecule has 2 aromatic heterocycles. The zero-order chi connectivity index (χ0) is 26.9. The molecule has 9 heteroatoms. The minimum Gasteiger partial charge on any atom is -0.458 e. The number of hydrogen-bond donors (Lipinski definition) is 1. The van der Waals surface area contributed by atoms with E-state index in [0.29, 0.717) is 52.0 Å². The van der Waals surface area contributed by atoms with E-state index in [1.807, 2.05) is 48.6 Å². The summed E-state index contributed by atoms with van der Waals surface area (Å²) < 4.78 is 18.1. The molecule has 0 saturated heterocycles. The Balaban J connectivity index is 1.43. The molecule has 4 aromatic rings. The number of aliphatic hydroxyl groups is 1. The summed E-state index contributed by atoms with van der Waals surface area (Å²) in [6, 6.07) is 13.1. The van der Waals surface area contributed by atoms with E-state index in [9.17, 15) is 14.7 Å². The number of carbonyl (C=O) groups excluding carboxylic acids is 1. The molecule has 1 N–H and O–H groups in total. The molecule has 2 aromatic carbocycles. The first-order valence-corrected chi connectivity index (χ1v) is 13.1. The number of benzene rings is 2. The van der Waals surface area contributed by atoms with Crippen LogP contribution < -0.4 is 15.0 Å². The van der Waals surface area contributed by atoms with Crippen molar-refractivity contribution in [3.63, 3.8) is 0 Å². The van der Waals surface area contributed by atoms with Crippen LogP contribution in [0.3, 0.4) is 0 Å². The van der Waals surface area contributed by atoms with E-state index in [1.54, 1.807) is 17.6 Å². The number of cyclic esters (lactones) is 1. The first-order valence-electron chi connectivity index (χ1n) is 12.7. The second-order valence-electron chi connectivity index (χ2n) is 9.87. The van der Waals surface area contributed by atoms with Crippen LogP contribution in [-0.4, -0.2) is 27.4 Å². The van der Waals surface area contributed by atoms with Crippen LogP contribution in [0, 0.1) is 0 Å². The van der Waals surface area contributed by atoms with Gasteiger partial charge in [-0.05, 0) is 42.2 Å². The molecule has 0 spiro atoms. The van der Waals surface area contributed by atoms with Gasteiger partial charge in [-0.3, -0.25) is 4.79 Å². The summed E-state index contributed by atoms with van der Waals surface area (Å²) >= 11 is 6.36. The molecule has 0 amide bonds. The van der Waals surface area contributed by atoms with Crippen LogP contribution in [0.2, 0.25) is 5.02 Å². The number of aromatic nitrogens is 2. The second-order valence-corrected chi connectivity index (χ2v) is 10.3. The van der Waals surface area contributed by atoms with Gasteiger partial charge >= 0.3 is 5.97 Å². The number of fused-ring (bicyclic) bond motifs is 6. The predicted molar refractivity (Wildman–Crippen MR) is 145 cm³/mol. The highest BCUT2D eigenvalue weighted by Crippen LogP contribution is 2.43. The zero-order valence-corrected chi connectivity index (χ0v) is 21.7. The number of carbonyl (C=O) groups is 1. The Morgan fingerprint density at radius 1 is 1.10 bits per heavy atom. The summed E-state index contributed by atoms with van der Waals surface area (Å²) in [5.74, 6) is 0.508. The first-order chi connectivity index (χ1) is 18.9. The van der Waals surface area contributed by atoms with Crippen molar-refractivity contribution in [3.05, 3.63) is 91.7 Å². The van der Waals surface area contributed by atoms with Gasteiger partial charge in [-0.2, -0.15) is 0 Å². The molecular weight excluding hydrogens is 520 g/mol. The third kappa shape index (κ3) is 3.52. The molecule has 8 nitrogen and oxygen atoms in total. The third-order valence-electron chi connectivity index (χ3n) is 7.82. The van der Waals surface area contributed by atoms with Crippen LogP contribution in [0.4, 0.5) is 0 Å². The summed E-state index contributed by atoms with van der Waals surface area (Å²) in [4.78, 5) is 31.1. The van der Waals surface area contributed by atoms with E-state index in [2.05, 4.69) is 0 Å². The van der Waals surface area contributed by atoms with Crippen molar-refractivity contribution in [1.29, 1.82) is 0 Å². The fourth-order valence-corrected chi connectivity index (χ4v) is 5.90. The van der Waals surface area contributed by atoms with Gasteiger partial charge < -0.3 is 23.9 Å². The lowest BCUT2D eigenvalue weighted by Gasteiger charge is -2.31. The number of hydrogen-bond acceptors (Lipinski definition) is 7. The Morgan fingerprint density at radius 2 is 1.90 bits per heavy atom. The van der Waals surface area contributed by atoms with Crippen molar-refractivity contribution in [2.24, 2.45) is 0 Å². The molecule has 39 heavy (non-hydrogen) atoms. The monoisotopic (exact) mass is 542 g/mol. The van der Waals surface area contributed by atoms with Crippen molar-refractivity contribution in [1.82, 2.24) is 9.55 Å². The number of nitrogens with zero attached hydrogens (tertiary/aromatic N) is 2. The zero-order valence-electron chi connectivity index (χ0n) is 21.0. The van der Waals surface area contributed by atoms with E-state index in [0.717, 1.165) is 22.1 Å². The van der Waals surface area contributed by atoms with Crippen LogP contribution in [0.5, 0.6) is 11.5 Å². The van der Waals surface area contributed by atoms with E-state index in [-0.39, 0.29) is 30.9 Å². The average Bonchev–Trinajstić information content (AvgIpc) is 3.55. The van der Waals surface area contributed by atoms with E-state index in [1.165, 1.54) is 0 Å². The predicted octanol–water partition coefficient (Wildman–Crippen LogP) is 4.72. The molecule has 0 unspecified atom stereocenters. The number of rotatable bonds is 4. The fourth-order valence-electron chi connectivity index (χ4n) is 5.70. The fraction of sp³-hybridized carbons (Fsp3) is 0.233. The molecular formula is C30H23ClN2O6. The lowest BCUT2D eigenvalue weighted by molar-refractivity contribution is -0.172. The SMILES string of the molecule is CC[C@@]1(O)C(=O)OCc2c1cc1n(c2=O)Cc2c-1nc1cc3c(cc1c2C/C=C/c1ccccc1Cl)OCO3. The molecule has 7 rings (SSSR count). The Morgan fingerprint density at radius 3 is 2.69 bits per heavy atom. The largest absolute Gasteiger partial charge is 0.458 e. The van der Waals surface area contributed by atoms with Crippen molar-refractivity contribution >= 4 is 34.5 Å². The lowest BCUT2D eigenvalue weighted by atomic mass is 9.86. The summed E-state index contributed by atoms with van der Waals surface area (Å²) in [6.45, 7) is 1.97. The van der Waals surface area contributed by atoms with Gasteiger partial charge in [0.25, 0.3) is 5.56 Å². The molecule has 0 bridgehead atoms. The Hall–Kier alpha value is -4.14.